The van der Waals surface area contributed by atoms with E-state index in [1.807, 2.05) is 13.0 Å². The lowest BCUT2D eigenvalue weighted by Gasteiger charge is -2.34. The van der Waals surface area contributed by atoms with Crippen LogP contribution in [0.1, 0.15) is 30.8 Å². The van der Waals surface area contributed by atoms with Gasteiger partial charge in [0.25, 0.3) is 0 Å². The fourth-order valence-corrected chi connectivity index (χ4v) is 1.77. The summed E-state index contributed by atoms with van der Waals surface area (Å²) in [6.07, 6.45) is 4.11. The van der Waals surface area contributed by atoms with Gasteiger partial charge in [-0.05, 0) is 38.9 Å². The monoisotopic (exact) mass is 179 g/mol. The highest BCUT2D eigenvalue weighted by Gasteiger charge is 2.22. The summed E-state index contributed by atoms with van der Waals surface area (Å²) in [5.41, 5.74) is 0. The first kappa shape index (κ1) is 8.82. The topological polar surface area (TPSA) is 16.4 Å². The molecule has 0 saturated heterocycles. The summed E-state index contributed by atoms with van der Waals surface area (Å²) in [5.74, 6) is 2.10. The van der Waals surface area contributed by atoms with Gasteiger partial charge in [-0.1, -0.05) is 6.42 Å². The smallest absolute Gasteiger partial charge is 0.118 e. The van der Waals surface area contributed by atoms with Crippen molar-refractivity contribution in [2.24, 2.45) is 0 Å². The first-order valence-corrected chi connectivity index (χ1v) is 5.01. The number of rotatable bonds is 3. The minimum atomic E-state index is 0.797. The maximum atomic E-state index is 5.53. The Balaban J connectivity index is 1.89. The molecular formula is C11H17NO. The molecule has 13 heavy (non-hydrogen) atoms. The van der Waals surface area contributed by atoms with Crippen LogP contribution >= 0.6 is 0 Å². The van der Waals surface area contributed by atoms with Crippen molar-refractivity contribution in [2.45, 2.75) is 38.8 Å². The molecule has 2 rings (SSSR count). The van der Waals surface area contributed by atoms with Crippen LogP contribution in [-0.2, 0) is 6.54 Å². The van der Waals surface area contributed by atoms with Crippen LogP contribution in [0.5, 0.6) is 0 Å². The van der Waals surface area contributed by atoms with E-state index in [2.05, 4.69) is 18.0 Å². The highest BCUT2D eigenvalue weighted by atomic mass is 16.3. The zero-order valence-corrected chi connectivity index (χ0v) is 8.42. The Labute approximate surface area is 79.5 Å². The van der Waals surface area contributed by atoms with Gasteiger partial charge in [0.05, 0.1) is 6.54 Å². The van der Waals surface area contributed by atoms with Crippen LogP contribution in [-0.4, -0.2) is 18.0 Å². The van der Waals surface area contributed by atoms with Crippen LogP contribution in [0.25, 0.3) is 0 Å². The van der Waals surface area contributed by atoms with Gasteiger partial charge in [0.15, 0.2) is 0 Å². The van der Waals surface area contributed by atoms with Crippen molar-refractivity contribution in [3.05, 3.63) is 23.7 Å². The Morgan fingerprint density at radius 2 is 2.23 bits per heavy atom. The molecule has 1 aromatic rings. The van der Waals surface area contributed by atoms with Crippen molar-refractivity contribution in [2.75, 3.05) is 7.05 Å². The highest BCUT2D eigenvalue weighted by Crippen LogP contribution is 2.24. The van der Waals surface area contributed by atoms with Gasteiger partial charge in [-0.3, -0.25) is 4.90 Å². The van der Waals surface area contributed by atoms with Crippen molar-refractivity contribution >= 4 is 0 Å². The second kappa shape index (κ2) is 3.54. The number of hydrogen-bond acceptors (Lipinski definition) is 2. The van der Waals surface area contributed by atoms with Crippen LogP contribution in [0.4, 0.5) is 0 Å². The fraction of sp³-hybridized carbons (Fsp3) is 0.636. The molecule has 2 heteroatoms. The maximum absolute atomic E-state index is 5.53. The third-order valence-corrected chi connectivity index (χ3v) is 2.90. The summed E-state index contributed by atoms with van der Waals surface area (Å²) < 4.78 is 5.53. The Kier molecular flexibility index (Phi) is 2.40. The summed E-state index contributed by atoms with van der Waals surface area (Å²) in [4.78, 5) is 2.39. The minimum Gasteiger partial charge on any atom is -0.465 e. The molecule has 1 aliphatic carbocycles. The highest BCUT2D eigenvalue weighted by molar-refractivity contribution is 5.05. The summed E-state index contributed by atoms with van der Waals surface area (Å²) >= 11 is 0. The average molecular weight is 179 g/mol. The van der Waals surface area contributed by atoms with Crippen molar-refractivity contribution in [1.29, 1.82) is 0 Å². The minimum absolute atomic E-state index is 0.797. The van der Waals surface area contributed by atoms with Crippen LogP contribution < -0.4 is 0 Å². The van der Waals surface area contributed by atoms with Gasteiger partial charge >= 0.3 is 0 Å². The standard InChI is InChI=1S/C11H17NO/c1-9-6-7-11(13-9)8-12(2)10-4-3-5-10/h6-7,10H,3-5,8H2,1-2H3. The van der Waals surface area contributed by atoms with Crippen LogP contribution in [0.15, 0.2) is 16.5 Å². The quantitative estimate of drug-likeness (QED) is 0.709. The Morgan fingerprint density at radius 3 is 2.69 bits per heavy atom. The van der Waals surface area contributed by atoms with Crippen molar-refractivity contribution in [1.82, 2.24) is 4.90 Å². The lowest BCUT2D eigenvalue weighted by atomic mass is 9.92. The predicted molar refractivity (Wildman–Crippen MR) is 52.6 cm³/mol. The largest absolute Gasteiger partial charge is 0.465 e. The van der Waals surface area contributed by atoms with Crippen molar-refractivity contribution < 1.29 is 4.42 Å². The number of aryl methyl sites for hydroxylation is 1. The zero-order valence-electron chi connectivity index (χ0n) is 8.42. The molecule has 0 aliphatic heterocycles. The lowest BCUT2D eigenvalue weighted by molar-refractivity contribution is 0.142. The van der Waals surface area contributed by atoms with E-state index >= 15 is 0 Å². The third-order valence-electron chi connectivity index (χ3n) is 2.90. The van der Waals surface area contributed by atoms with Crippen molar-refractivity contribution in [3.8, 4) is 0 Å². The van der Waals surface area contributed by atoms with Crippen LogP contribution in [0.3, 0.4) is 0 Å². The van der Waals surface area contributed by atoms with E-state index in [1.54, 1.807) is 0 Å². The van der Waals surface area contributed by atoms with E-state index in [-0.39, 0.29) is 0 Å². The fourth-order valence-electron chi connectivity index (χ4n) is 1.77. The van der Waals surface area contributed by atoms with Gasteiger partial charge in [-0.15, -0.1) is 0 Å². The number of hydrogen-bond donors (Lipinski definition) is 0. The first-order chi connectivity index (χ1) is 6.25. The molecule has 1 fully saturated rings. The maximum Gasteiger partial charge on any atom is 0.118 e. The van der Waals surface area contributed by atoms with E-state index in [4.69, 9.17) is 4.42 Å². The molecule has 0 bridgehead atoms. The number of furan rings is 1. The molecule has 1 heterocycles. The molecule has 72 valence electrons. The normalized spacial score (nSPS) is 17.8. The lowest BCUT2D eigenvalue weighted by Crippen LogP contribution is -2.36. The molecule has 1 saturated carbocycles. The number of nitrogens with zero attached hydrogens (tertiary/aromatic N) is 1. The summed E-state index contributed by atoms with van der Waals surface area (Å²) in [5, 5.41) is 0. The molecule has 0 aromatic carbocycles. The summed E-state index contributed by atoms with van der Waals surface area (Å²) in [7, 11) is 2.18. The van der Waals surface area contributed by atoms with Crippen LogP contribution in [0, 0.1) is 6.92 Å². The molecule has 0 amide bonds. The van der Waals surface area contributed by atoms with E-state index in [1.165, 1.54) is 19.3 Å². The molecule has 0 atom stereocenters. The SMILES string of the molecule is Cc1ccc(CN(C)C2CCC2)o1. The van der Waals surface area contributed by atoms with E-state index in [0.717, 1.165) is 24.1 Å². The van der Waals surface area contributed by atoms with E-state index in [9.17, 15) is 0 Å². The van der Waals surface area contributed by atoms with Crippen LogP contribution in [0.2, 0.25) is 0 Å². The van der Waals surface area contributed by atoms with Gasteiger partial charge in [0, 0.05) is 6.04 Å². The summed E-state index contributed by atoms with van der Waals surface area (Å²) in [6, 6.07) is 4.90. The predicted octanol–water partition coefficient (Wildman–Crippen LogP) is 2.57. The van der Waals surface area contributed by atoms with E-state index in [0.29, 0.717) is 0 Å². The molecule has 0 spiro atoms. The Bertz CT molecular complexity index is 275. The van der Waals surface area contributed by atoms with Gasteiger partial charge in [0.1, 0.15) is 11.5 Å². The molecular weight excluding hydrogens is 162 g/mol. The third kappa shape index (κ3) is 1.94. The first-order valence-electron chi connectivity index (χ1n) is 5.01. The van der Waals surface area contributed by atoms with Gasteiger partial charge < -0.3 is 4.42 Å². The molecule has 2 nitrogen and oxygen atoms in total. The molecule has 1 aromatic heterocycles. The van der Waals surface area contributed by atoms with Gasteiger partial charge in [0.2, 0.25) is 0 Å². The second-order valence-corrected chi connectivity index (χ2v) is 4.01. The van der Waals surface area contributed by atoms with Crippen molar-refractivity contribution in [3.63, 3.8) is 0 Å². The molecule has 0 radical (unpaired) electrons. The molecule has 0 N–H and O–H groups in total. The average Bonchev–Trinajstić information content (AvgIpc) is 2.31. The Hall–Kier alpha value is -0.760. The Morgan fingerprint density at radius 1 is 1.46 bits per heavy atom. The van der Waals surface area contributed by atoms with E-state index < -0.39 is 0 Å². The summed E-state index contributed by atoms with van der Waals surface area (Å²) in [6.45, 7) is 2.95. The second-order valence-electron chi connectivity index (χ2n) is 4.01. The molecule has 1 aliphatic rings. The van der Waals surface area contributed by atoms with Gasteiger partial charge in [-0.2, -0.15) is 0 Å². The zero-order chi connectivity index (χ0) is 9.26. The van der Waals surface area contributed by atoms with Gasteiger partial charge in [-0.25, -0.2) is 0 Å². The molecule has 0 unspecified atom stereocenters.